The monoisotopic (exact) mass is 478 g/mol. The van der Waals surface area contributed by atoms with E-state index in [9.17, 15) is 9.90 Å². The average molecular weight is 479 g/mol. The van der Waals surface area contributed by atoms with Crippen molar-refractivity contribution < 1.29 is 14.6 Å². The Kier molecular flexibility index (Phi) is 6.49. The van der Waals surface area contributed by atoms with E-state index in [1.165, 1.54) is 5.56 Å². The first kappa shape index (κ1) is 23.6. The maximum atomic E-state index is 13.1. The Labute approximate surface area is 211 Å². The van der Waals surface area contributed by atoms with Crippen molar-refractivity contribution >= 4 is 11.5 Å². The minimum Gasteiger partial charge on any atom is -0.505 e. The number of phenols is 1. The van der Waals surface area contributed by atoms with Gasteiger partial charge < -0.3 is 15.2 Å². The Morgan fingerprint density at radius 3 is 2.22 bits per heavy atom. The molecule has 0 aliphatic carbocycles. The van der Waals surface area contributed by atoms with Crippen LogP contribution in [0.4, 0.5) is 5.69 Å². The van der Waals surface area contributed by atoms with Gasteiger partial charge in [0.05, 0.1) is 5.56 Å². The number of fused-ring (bicyclic) bond motifs is 1. The normalized spacial score (nSPS) is 19.4. The lowest BCUT2D eigenvalue weighted by molar-refractivity contribution is 0.0837. The van der Waals surface area contributed by atoms with Gasteiger partial charge in [-0.3, -0.25) is 10.1 Å². The number of phenolic OH excluding ortho intramolecular Hbond substituents is 1. The lowest BCUT2D eigenvalue weighted by Crippen LogP contribution is -2.57. The van der Waals surface area contributed by atoms with Gasteiger partial charge in [-0.15, -0.1) is 0 Å². The third kappa shape index (κ3) is 4.45. The smallest absolute Gasteiger partial charge is 0.196 e. The summed E-state index contributed by atoms with van der Waals surface area (Å²) in [5, 5.41) is 18.3. The van der Waals surface area contributed by atoms with Crippen LogP contribution in [-0.4, -0.2) is 23.7 Å². The molecule has 1 aliphatic heterocycles. The number of anilines is 1. The van der Waals surface area contributed by atoms with E-state index in [4.69, 9.17) is 4.74 Å². The molecule has 0 amide bonds. The van der Waals surface area contributed by atoms with Gasteiger partial charge in [0.15, 0.2) is 17.8 Å². The van der Waals surface area contributed by atoms with Gasteiger partial charge in [-0.2, -0.15) is 0 Å². The number of benzene rings is 4. The van der Waals surface area contributed by atoms with E-state index < -0.39 is 11.8 Å². The molecule has 0 bridgehead atoms. The second kappa shape index (κ2) is 9.88. The quantitative estimate of drug-likeness (QED) is 0.222. The highest BCUT2D eigenvalue weighted by Gasteiger charge is 2.43. The van der Waals surface area contributed by atoms with Crippen molar-refractivity contribution in [3.8, 4) is 11.5 Å². The molecule has 0 saturated heterocycles. The van der Waals surface area contributed by atoms with Crippen LogP contribution in [0.15, 0.2) is 103 Å². The Morgan fingerprint density at radius 1 is 0.944 bits per heavy atom. The van der Waals surface area contributed by atoms with Crippen molar-refractivity contribution in [2.45, 2.75) is 31.5 Å². The Bertz CT molecular complexity index is 1340. The van der Waals surface area contributed by atoms with Gasteiger partial charge in [-0.05, 0) is 36.1 Å². The SMILES string of the molecule is CC(CNC1Oc2ccc(C(=O)c3ccccc3)c(O)c2NC1(C)c1ccccc1)c1ccccc1. The summed E-state index contributed by atoms with van der Waals surface area (Å²) in [6.07, 6.45) is -0.423. The van der Waals surface area contributed by atoms with Gasteiger partial charge in [0.2, 0.25) is 0 Å². The maximum absolute atomic E-state index is 13.1. The van der Waals surface area contributed by atoms with Crippen LogP contribution in [0, 0.1) is 0 Å². The fourth-order valence-electron chi connectivity index (χ4n) is 4.73. The molecule has 36 heavy (non-hydrogen) atoms. The second-order valence-corrected chi connectivity index (χ2v) is 9.44. The number of ether oxygens (including phenoxy) is 1. The number of carbonyl (C=O) groups excluding carboxylic acids is 1. The molecule has 0 radical (unpaired) electrons. The molecule has 1 aliphatic rings. The van der Waals surface area contributed by atoms with Crippen molar-refractivity contribution in [2.24, 2.45) is 0 Å². The molecule has 0 saturated carbocycles. The lowest BCUT2D eigenvalue weighted by Gasteiger charge is -2.44. The fraction of sp³-hybridized carbons (Fsp3) is 0.194. The van der Waals surface area contributed by atoms with Crippen LogP contribution in [0.2, 0.25) is 0 Å². The van der Waals surface area contributed by atoms with E-state index in [1.54, 1.807) is 24.3 Å². The molecule has 3 N–H and O–H groups in total. The number of rotatable bonds is 7. The summed E-state index contributed by atoms with van der Waals surface area (Å²) in [4.78, 5) is 13.1. The van der Waals surface area contributed by atoms with E-state index in [-0.39, 0.29) is 23.0 Å². The third-order valence-corrected chi connectivity index (χ3v) is 6.93. The zero-order chi connectivity index (χ0) is 25.1. The number of hydrogen-bond acceptors (Lipinski definition) is 5. The molecular formula is C31H30N2O3. The second-order valence-electron chi connectivity index (χ2n) is 9.44. The summed E-state index contributed by atoms with van der Waals surface area (Å²) in [5.41, 5.74) is 2.70. The molecule has 182 valence electrons. The van der Waals surface area contributed by atoms with Crippen LogP contribution < -0.4 is 15.4 Å². The topological polar surface area (TPSA) is 70.6 Å². The highest BCUT2D eigenvalue weighted by atomic mass is 16.5. The van der Waals surface area contributed by atoms with E-state index >= 15 is 0 Å². The van der Waals surface area contributed by atoms with Gasteiger partial charge in [-0.25, -0.2) is 0 Å². The zero-order valence-electron chi connectivity index (χ0n) is 20.4. The number of nitrogens with one attached hydrogen (secondary N) is 2. The van der Waals surface area contributed by atoms with Crippen LogP contribution in [0.1, 0.15) is 46.8 Å². The summed E-state index contributed by atoms with van der Waals surface area (Å²) < 4.78 is 6.46. The number of aromatic hydroxyl groups is 1. The highest BCUT2D eigenvalue weighted by molar-refractivity contribution is 6.12. The van der Waals surface area contributed by atoms with Crippen molar-refractivity contribution in [2.75, 3.05) is 11.9 Å². The minimum absolute atomic E-state index is 0.111. The lowest BCUT2D eigenvalue weighted by atomic mass is 9.87. The van der Waals surface area contributed by atoms with Gasteiger partial charge in [0, 0.05) is 12.1 Å². The largest absolute Gasteiger partial charge is 0.505 e. The van der Waals surface area contributed by atoms with Gasteiger partial charge in [0.1, 0.15) is 17.0 Å². The van der Waals surface area contributed by atoms with Crippen molar-refractivity contribution in [3.05, 3.63) is 125 Å². The summed E-state index contributed by atoms with van der Waals surface area (Å²) >= 11 is 0. The number of ketones is 1. The first-order valence-corrected chi connectivity index (χ1v) is 12.2. The molecule has 0 fully saturated rings. The molecule has 5 rings (SSSR count). The predicted octanol–water partition coefficient (Wildman–Crippen LogP) is 6.06. The molecule has 0 spiro atoms. The van der Waals surface area contributed by atoms with Gasteiger partial charge in [0.25, 0.3) is 0 Å². The molecule has 5 nitrogen and oxygen atoms in total. The van der Waals surface area contributed by atoms with E-state index in [0.29, 0.717) is 23.5 Å². The molecular weight excluding hydrogens is 448 g/mol. The molecule has 4 aromatic rings. The summed E-state index contributed by atoms with van der Waals surface area (Å²) in [6, 6.07) is 32.7. The van der Waals surface area contributed by atoms with Crippen molar-refractivity contribution in [1.82, 2.24) is 5.32 Å². The summed E-state index contributed by atoms with van der Waals surface area (Å²) in [6.45, 7) is 4.92. The van der Waals surface area contributed by atoms with Crippen LogP contribution in [0.25, 0.3) is 0 Å². The third-order valence-electron chi connectivity index (χ3n) is 6.93. The van der Waals surface area contributed by atoms with Crippen molar-refractivity contribution in [1.29, 1.82) is 0 Å². The number of carbonyl (C=O) groups is 1. The standard InChI is InChI=1S/C31H30N2O3/c1-21(22-12-6-3-7-13-22)20-32-30-31(2,24-16-10-5-11-17-24)33-27-26(36-30)19-18-25(29(27)35)28(34)23-14-8-4-9-15-23/h3-19,21,30,32-33,35H,20H2,1-2H3. The molecule has 1 heterocycles. The first-order chi connectivity index (χ1) is 17.5. The highest BCUT2D eigenvalue weighted by Crippen LogP contribution is 2.46. The molecule has 0 aromatic heterocycles. The van der Waals surface area contributed by atoms with Crippen LogP contribution in [0.5, 0.6) is 11.5 Å². The van der Waals surface area contributed by atoms with Gasteiger partial charge >= 0.3 is 0 Å². The fourth-order valence-corrected chi connectivity index (χ4v) is 4.73. The maximum Gasteiger partial charge on any atom is 0.196 e. The average Bonchev–Trinajstić information content (AvgIpc) is 2.93. The molecule has 3 atom stereocenters. The Balaban J connectivity index is 1.48. The first-order valence-electron chi connectivity index (χ1n) is 12.2. The Morgan fingerprint density at radius 2 is 1.56 bits per heavy atom. The number of hydrogen-bond donors (Lipinski definition) is 3. The van der Waals surface area contributed by atoms with Crippen LogP contribution in [-0.2, 0) is 5.54 Å². The van der Waals surface area contributed by atoms with Crippen molar-refractivity contribution in [3.63, 3.8) is 0 Å². The molecule has 3 unspecified atom stereocenters. The van der Waals surface area contributed by atoms with Crippen LogP contribution in [0.3, 0.4) is 0 Å². The zero-order valence-corrected chi connectivity index (χ0v) is 20.4. The predicted molar refractivity (Wildman–Crippen MR) is 143 cm³/mol. The van der Waals surface area contributed by atoms with E-state index in [0.717, 1.165) is 5.56 Å². The van der Waals surface area contributed by atoms with Gasteiger partial charge in [-0.1, -0.05) is 97.9 Å². The van der Waals surface area contributed by atoms with Crippen LogP contribution >= 0.6 is 0 Å². The molecule has 4 aromatic carbocycles. The summed E-state index contributed by atoms with van der Waals surface area (Å²) in [7, 11) is 0. The molecule has 5 heteroatoms. The minimum atomic E-state index is -0.712. The summed E-state index contributed by atoms with van der Waals surface area (Å²) in [5.74, 6) is 0.418. The van der Waals surface area contributed by atoms with E-state index in [2.05, 4.69) is 29.7 Å². The van der Waals surface area contributed by atoms with E-state index in [1.807, 2.05) is 73.7 Å². The Hall–Kier alpha value is -4.09.